The van der Waals surface area contributed by atoms with Crippen LogP contribution in [0.2, 0.25) is 0 Å². The van der Waals surface area contributed by atoms with Crippen molar-refractivity contribution >= 4 is 24.2 Å². The fourth-order valence-electron chi connectivity index (χ4n) is 4.05. The van der Waals surface area contributed by atoms with Crippen molar-refractivity contribution in [3.05, 3.63) is 53.9 Å². The highest BCUT2D eigenvalue weighted by molar-refractivity contribution is 5.90. The van der Waals surface area contributed by atoms with Crippen LogP contribution in [0, 0.1) is 5.92 Å². The summed E-state index contributed by atoms with van der Waals surface area (Å²) in [7, 11) is 1.87. The average molecular weight is 404 g/mol. The van der Waals surface area contributed by atoms with Crippen molar-refractivity contribution < 1.29 is 9.59 Å². The van der Waals surface area contributed by atoms with Crippen molar-refractivity contribution in [3.8, 4) is 0 Å². The molecule has 0 radical (unpaired) electrons. The van der Waals surface area contributed by atoms with Gasteiger partial charge in [-0.1, -0.05) is 30.3 Å². The number of benzene rings is 1. The van der Waals surface area contributed by atoms with Gasteiger partial charge in [0.25, 0.3) is 0 Å². The van der Waals surface area contributed by atoms with Crippen LogP contribution >= 0.6 is 12.4 Å². The van der Waals surface area contributed by atoms with E-state index in [1.54, 1.807) is 4.68 Å². The maximum Gasteiger partial charge on any atom is 0.245 e. The van der Waals surface area contributed by atoms with Crippen LogP contribution in [-0.2, 0) is 23.2 Å². The molecular formula is C20H26ClN5O2. The summed E-state index contributed by atoms with van der Waals surface area (Å²) in [6.07, 6.45) is 4.44. The minimum atomic E-state index is -0.420. The average Bonchev–Trinajstić information content (AvgIpc) is 3.39. The van der Waals surface area contributed by atoms with Gasteiger partial charge < -0.3 is 15.5 Å². The van der Waals surface area contributed by atoms with E-state index in [4.69, 9.17) is 0 Å². The van der Waals surface area contributed by atoms with Crippen LogP contribution in [0.5, 0.6) is 0 Å². The van der Waals surface area contributed by atoms with Gasteiger partial charge in [0.2, 0.25) is 11.8 Å². The molecule has 8 heteroatoms. The third-order valence-electron chi connectivity index (χ3n) is 5.53. The largest absolute Gasteiger partial charge is 0.344 e. The molecule has 4 rings (SSSR count). The molecule has 2 N–H and O–H groups in total. The first-order chi connectivity index (χ1) is 13.1. The van der Waals surface area contributed by atoms with Gasteiger partial charge >= 0.3 is 0 Å². The van der Waals surface area contributed by atoms with Crippen LogP contribution in [-0.4, -0.2) is 52.2 Å². The van der Waals surface area contributed by atoms with Crippen LogP contribution in [0.15, 0.2) is 42.7 Å². The Balaban J connectivity index is 0.00000225. The molecule has 150 valence electrons. The summed E-state index contributed by atoms with van der Waals surface area (Å²) >= 11 is 0. The molecule has 2 aromatic rings. The van der Waals surface area contributed by atoms with E-state index in [2.05, 4.69) is 15.7 Å². The van der Waals surface area contributed by atoms with Crippen LogP contribution in [0.1, 0.15) is 23.5 Å². The molecule has 2 aliphatic rings. The quantitative estimate of drug-likeness (QED) is 0.782. The highest BCUT2D eigenvalue weighted by atomic mass is 35.5. The molecule has 2 fully saturated rings. The zero-order chi connectivity index (χ0) is 18.8. The smallest absolute Gasteiger partial charge is 0.245 e. The van der Waals surface area contributed by atoms with E-state index in [1.807, 2.05) is 54.7 Å². The maximum atomic E-state index is 12.9. The van der Waals surface area contributed by atoms with Gasteiger partial charge in [-0.15, -0.1) is 12.4 Å². The van der Waals surface area contributed by atoms with Gasteiger partial charge in [0, 0.05) is 45.3 Å². The number of aromatic nitrogens is 2. The Bertz CT molecular complexity index is 825. The minimum absolute atomic E-state index is 0. The number of rotatable bonds is 5. The number of aryl methyl sites for hydroxylation is 1. The Hall–Kier alpha value is -2.38. The molecule has 7 nitrogen and oxygen atoms in total. The Morgan fingerprint density at radius 2 is 2.07 bits per heavy atom. The van der Waals surface area contributed by atoms with Gasteiger partial charge in [-0.2, -0.15) is 5.10 Å². The second kappa shape index (κ2) is 8.75. The molecule has 3 atom stereocenters. The van der Waals surface area contributed by atoms with Crippen LogP contribution in [0.3, 0.4) is 0 Å². The van der Waals surface area contributed by atoms with Crippen molar-refractivity contribution in [1.29, 1.82) is 0 Å². The van der Waals surface area contributed by atoms with Crippen molar-refractivity contribution in [3.63, 3.8) is 0 Å². The number of carbonyl (C=O) groups is 2. The molecule has 2 aliphatic heterocycles. The Morgan fingerprint density at radius 1 is 1.29 bits per heavy atom. The zero-order valence-corrected chi connectivity index (χ0v) is 16.7. The van der Waals surface area contributed by atoms with E-state index in [1.165, 1.54) is 0 Å². The minimum Gasteiger partial charge on any atom is -0.344 e. The molecule has 1 aromatic heterocycles. The first-order valence-electron chi connectivity index (χ1n) is 9.44. The van der Waals surface area contributed by atoms with Gasteiger partial charge in [0.1, 0.15) is 6.04 Å². The molecule has 28 heavy (non-hydrogen) atoms. The Kier molecular flexibility index (Phi) is 6.36. The summed E-state index contributed by atoms with van der Waals surface area (Å²) in [6, 6.07) is 9.52. The molecular weight excluding hydrogens is 378 g/mol. The van der Waals surface area contributed by atoms with E-state index >= 15 is 0 Å². The van der Waals surface area contributed by atoms with E-state index in [-0.39, 0.29) is 36.1 Å². The predicted molar refractivity (Wildman–Crippen MR) is 108 cm³/mol. The van der Waals surface area contributed by atoms with E-state index in [0.29, 0.717) is 26.1 Å². The number of hydrogen-bond donors (Lipinski definition) is 2. The van der Waals surface area contributed by atoms with Gasteiger partial charge in [-0.05, 0) is 17.5 Å². The third-order valence-corrected chi connectivity index (χ3v) is 5.53. The molecule has 1 aromatic carbocycles. The molecule has 0 saturated carbocycles. The summed E-state index contributed by atoms with van der Waals surface area (Å²) < 4.78 is 1.75. The summed E-state index contributed by atoms with van der Waals surface area (Å²) in [5, 5.41) is 10.5. The molecule has 2 amide bonds. The normalized spacial score (nSPS) is 24.2. The Labute approximate surface area is 170 Å². The first kappa shape index (κ1) is 20.4. The van der Waals surface area contributed by atoms with E-state index in [0.717, 1.165) is 17.7 Å². The standard InChI is InChI=1S/C20H25N5O2.ClH/c1-24-13-15(9-22-24)16-10-21-11-17(16)19(26)23-18-7-8-25(20(18)27)12-14-5-3-2-4-6-14;/h2-6,9,13,16-18,21H,7-8,10-12H2,1H3,(H,23,26);1H/t16-,17+,18?;/m1./s1. The molecule has 0 spiro atoms. The van der Waals surface area contributed by atoms with Crippen molar-refractivity contribution in [2.75, 3.05) is 19.6 Å². The topological polar surface area (TPSA) is 79.3 Å². The molecule has 3 heterocycles. The summed E-state index contributed by atoms with van der Waals surface area (Å²) in [6.45, 7) is 2.64. The lowest BCUT2D eigenvalue weighted by atomic mass is 9.90. The first-order valence-corrected chi connectivity index (χ1v) is 9.44. The second-order valence-corrected chi connectivity index (χ2v) is 7.41. The van der Waals surface area contributed by atoms with Gasteiger partial charge in [0.05, 0.1) is 12.1 Å². The number of halogens is 1. The molecule has 0 bridgehead atoms. The highest BCUT2D eigenvalue weighted by Gasteiger charge is 2.38. The fraction of sp³-hybridized carbons (Fsp3) is 0.450. The third kappa shape index (κ3) is 4.20. The maximum absolute atomic E-state index is 12.9. The van der Waals surface area contributed by atoms with Crippen LogP contribution < -0.4 is 10.6 Å². The number of nitrogens with zero attached hydrogens (tertiary/aromatic N) is 3. The number of nitrogens with one attached hydrogen (secondary N) is 2. The summed E-state index contributed by atoms with van der Waals surface area (Å²) in [4.78, 5) is 27.4. The van der Waals surface area contributed by atoms with Gasteiger partial charge in [0.15, 0.2) is 0 Å². The summed E-state index contributed by atoms with van der Waals surface area (Å²) in [5.74, 6) is -0.120. The second-order valence-electron chi connectivity index (χ2n) is 7.41. The SMILES string of the molecule is Cl.Cn1cc([C@H]2CNC[C@@H]2C(=O)NC2CCN(Cc3ccccc3)C2=O)cn1. The van der Waals surface area contributed by atoms with Crippen LogP contribution in [0.4, 0.5) is 0 Å². The van der Waals surface area contributed by atoms with Gasteiger partial charge in [-0.25, -0.2) is 0 Å². The molecule has 2 saturated heterocycles. The van der Waals surface area contributed by atoms with Crippen molar-refractivity contribution in [1.82, 2.24) is 25.3 Å². The van der Waals surface area contributed by atoms with Crippen molar-refractivity contribution in [2.45, 2.75) is 24.9 Å². The lowest BCUT2D eigenvalue weighted by Gasteiger charge is -2.20. The number of hydrogen-bond acceptors (Lipinski definition) is 4. The van der Waals surface area contributed by atoms with Crippen molar-refractivity contribution in [2.24, 2.45) is 13.0 Å². The summed E-state index contributed by atoms with van der Waals surface area (Å²) in [5.41, 5.74) is 2.17. The predicted octanol–water partition coefficient (Wildman–Crippen LogP) is 1.06. The molecule has 0 aliphatic carbocycles. The van der Waals surface area contributed by atoms with Gasteiger partial charge in [-0.3, -0.25) is 14.3 Å². The fourth-order valence-corrected chi connectivity index (χ4v) is 4.05. The van der Waals surface area contributed by atoms with E-state index in [9.17, 15) is 9.59 Å². The van der Waals surface area contributed by atoms with Crippen LogP contribution in [0.25, 0.3) is 0 Å². The Morgan fingerprint density at radius 3 is 2.79 bits per heavy atom. The number of amides is 2. The number of likely N-dealkylation sites (tertiary alicyclic amines) is 1. The van der Waals surface area contributed by atoms with E-state index < -0.39 is 6.04 Å². The molecule has 1 unspecified atom stereocenters. The lowest BCUT2D eigenvalue weighted by molar-refractivity contribution is -0.134. The monoisotopic (exact) mass is 403 g/mol. The lowest BCUT2D eigenvalue weighted by Crippen LogP contribution is -2.45. The highest BCUT2D eigenvalue weighted by Crippen LogP contribution is 2.28. The zero-order valence-electron chi connectivity index (χ0n) is 15.9. The number of carbonyl (C=O) groups excluding carboxylic acids is 2.